The number of nitrogens with one attached hydrogen (secondary N) is 1. The van der Waals surface area contributed by atoms with E-state index >= 15 is 0 Å². The van der Waals surface area contributed by atoms with E-state index in [1.54, 1.807) is 11.0 Å². The minimum absolute atomic E-state index is 0.125. The van der Waals surface area contributed by atoms with Crippen molar-refractivity contribution in [1.29, 1.82) is 0 Å². The number of carbonyl (C=O) groups is 4. The van der Waals surface area contributed by atoms with Gasteiger partial charge in [0.1, 0.15) is 6.04 Å². The molecule has 5 aliphatic rings. The third-order valence-corrected chi connectivity index (χ3v) is 9.80. The average molecular weight is 557 g/mol. The zero-order valence-corrected chi connectivity index (χ0v) is 23.2. The van der Waals surface area contributed by atoms with E-state index in [0.717, 1.165) is 75.6 Å². The number of para-hydroxylation sites is 1. The summed E-state index contributed by atoms with van der Waals surface area (Å²) in [5.74, 6) is -0.528. The van der Waals surface area contributed by atoms with E-state index in [-0.39, 0.29) is 30.0 Å². The van der Waals surface area contributed by atoms with Gasteiger partial charge >= 0.3 is 0 Å². The standard InChI is InChI=1S/C31H36N6O4/c32-28(39)24-3-1-2-4-25(24)36-15-20(16-36)14-34-18-31(19-34)9-11-35(12-10-31)22-5-6-23-21(13-22)17-37(30(23)41)26-7-8-27(38)33-29(26)40/h1-6,13,20,26H,7-12,14-19H2,(H2,32,39)(H,33,38,40). The maximum atomic E-state index is 13.0. The van der Waals surface area contributed by atoms with Gasteiger partial charge in [0, 0.05) is 81.6 Å². The van der Waals surface area contributed by atoms with Crippen LogP contribution in [0.25, 0.3) is 0 Å². The second kappa shape index (κ2) is 9.87. The van der Waals surface area contributed by atoms with Gasteiger partial charge in [-0.25, -0.2) is 0 Å². The molecule has 4 amide bonds. The van der Waals surface area contributed by atoms with Gasteiger partial charge in [-0.3, -0.25) is 24.5 Å². The minimum atomic E-state index is -0.582. The van der Waals surface area contributed by atoms with Crippen LogP contribution in [-0.2, 0) is 16.1 Å². The molecule has 0 saturated carbocycles. The molecule has 2 aromatic carbocycles. The van der Waals surface area contributed by atoms with Crippen molar-refractivity contribution in [3.63, 3.8) is 0 Å². The van der Waals surface area contributed by atoms with Crippen LogP contribution >= 0.6 is 0 Å². The molecule has 0 radical (unpaired) electrons. The van der Waals surface area contributed by atoms with Crippen LogP contribution in [0.1, 0.15) is 52.0 Å². The molecule has 214 valence electrons. The Morgan fingerprint density at radius 2 is 1.76 bits per heavy atom. The molecule has 0 bridgehead atoms. The van der Waals surface area contributed by atoms with E-state index in [4.69, 9.17) is 5.73 Å². The van der Waals surface area contributed by atoms with Crippen LogP contribution in [0, 0.1) is 11.3 Å². The zero-order valence-electron chi connectivity index (χ0n) is 23.2. The average Bonchev–Trinajstić information content (AvgIpc) is 3.25. The van der Waals surface area contributed by atoms with Gasteiger partial charge in [-0.05, 0) is 60.6 Å². The normalized spacial score (nSPS) is 24.2. The summed E-state index contributed by atoms with van der Waals surface area (Å²) in [5.41, 5.74) is 10.3. The Kier molecular flexibility index (Phi) is 6.26. The number of piperidine rings is 2. The Morgan fingerprint density at radius 1 is 1.00 bits per heavy atom. The number of imide groups is 1. The molecule has 3 N–H and O–H groups in total. The summed E-state index contributed by atoms with van der Waals surface area (Å²) in [4.78, 5) is 57.6. The first-order valence-corrected chi connectivity index (χ1v) is 14.7. The van der Waals surface area contributed by atoms with Crippen LogP contribution in [-0.4, -0.2) is 85.3 Å². The summed E-state index contributed by atoms with van der Waals surface area (Å²) in [7, 11) is 0. The monoisotopic (exact) mass is 556 g/mol. The van der Waals surface area contributed by atoms with Crippen LogP contribution in [0.3, 0.4) is 0 Å². The van der Waals surface area contributed by atoms with Crippen molar-refractivity contribution >= 4 is 35.0 Å². The molecule has 4 saturated heterocycles. The van der Waals surface area contributed by atoms with Crippen molar-refractivity contribution in [2.45, 2.75) is 38.3 Å². The highest BCUT2D eigenvalue weighted by Gasteiger charge is 2.46. The number of nitrogens with two attached hydrogens (primary N) is 1. The van der Waals surface area contributed by atoms with Crippen LogP contribution in [0.4, 0.5) is 11.4 Å². The Balaban J connectivity index is 0.896. The lowest BCUT2D eigenvalue weighted by Gasteiger charge is -2.56. The predicted octanol–water partition coefficient (Wildman–Crippen LogP) is 1.59. The van der Waals surface area contributed by atoms with Gasteiger partial charge in [-0.1, -0.05) is 12.1 Å². The first-order chi connectivity index (χ1) is 19.8. The first kappa shape index (κ1) is 26.0. The Morgan fingerprint density at radius 3 is 2.49 bits per heavy atom. The molecular weight excluding hydrogens is 520 g/mol. The number of rotatable bonds is 6. The number of primary amides is 1. The molecule has 1 atom stereocenters. The summed E-state index contributed by atoms with van der Waals surface area (Å²) in [6.07, 6.45) is 2.96. The highest BCUT2D eigenvalue weighted by Crippen LogP contribution is 2.43. The number of likely N-dealkylation sites (tertiary alicyclic amines) is 1. The van der Waals surface area contributed by atoms with Gasteiger partial charge in [-0.15, -0.1) is 0 Å². The van der Waals surface area contributed by atoms with Crippen molar-refractivity contribution in [2.24, 2.45) is 17.1 Å². The molecule has 1 spiro atoms. The number of benzene rings is 2. The lowest BCUT2D eigenvalue weighted by atomic mass is 9.71. The smallest absolute Gasteiger partial charge is 0.255 e. The highest BCUT2D eigenvalue weighted by atomic mass is 16.2. The number of fused-ring (bicyclic) bond motifs is 1. The fourth-order valence-corrected chi connectivity index (χ4v) is 7.55. The van der Waals surface area contributed by atoms with E-state index in [1.807, 2.05) is 30.3 Å². The third-order valence-electron chi connectivity index (χ3n) is 9.80. The van der Waals surface area contributed by atoms with Crippen molar-refractivity contribution in [1.82, 2.24) is 15.1 Å². The summed E-state index contributed by atoms with van der Waals surface area (Å²) in [5, 5.41) is 2.37. The van der Waals surface area contributed by atoms with E-state index in [0.29, 0.717) is 35.4 Å². The molecule has 1 unspecified atom stereocenters. The molecule has 7 rings (SSSR count). The van der Waals surface area contributed by atoms with Gasteiger partial charge in [0.15, 0.2) is 0 Å². The maximum Gasteiger partial charge on any atom is 0.255 e. The Hall–Kier alpha value is -3.92. The minimum Gasteiger partial charge on any atom is -0.371 e. The largest absolute Gasteiger partial charge is 0.371 e. The summed E-state index contributed by atoms with van der Waals surface area (Å²) in [6.45, 7) is 7.73. The first-order valence-electron chi connectivity index (χ1n) is 14.7. The van der Waals surface area contributed by atoms with Gasteiger partial charge in [0.25, 0.3) is 11.8 Å². The van der Waals surface area contributed by atoms with Gasteiger partial charge < -0.3 is 25.3 Å². The molecule has 41 heavy (non-hydrogen) atoms. The number of nitrogens with zero attached hydrogens (tertiary/aromatic N) is 4. The molecule has 0 aliphatic carbocycles. The topological polar surface area (TPSA) is 119 Å². The highest BCUT2D eigenvalue weighted by molar-refractivity contribution is 6.05. The number of anilines is 2. The maximum absolute atomic E-state index is 13.0. The molecule has 0 aromatic heterocycles. The van der Waals surface area contributed by atoms with Gasteiger partial charge in [-0.2, -0.15) is 0 Å². The second-order valence-electron chi connectivity index (χ2n) is 12.6. The van der Waals surface area contributed by atoms with Crippen LogP contribution in [0.5, 0.6) is 0 Å². The van der Waals surface area contributed by atoms with Crippen LogP contribution in [0.2, 0.25) is 0 Å². The van der Waals surface area contributed by atoms with Gasteiger partial charge in [0.2, 0.25) is 11.8 Å². The second-order valence-corrected chi connectivity index (χ2v) is 12.6. The number of hydrogen-bond donors (Lipinski definition) is 2. The number of carbonyl (C=O) groups excluding carboxylic acids is 4. The number of hydrogen-bond acceptors (Lipinski definition) is 7. The van der Waals surface area contributed by atoms with Gasteiger partial charge in [0.05, 0.1) is 5.56 Å². The molecule has 4 fully saturated rings. The number of amides is 4. The Bertz CT molecular complexity index is 1420. The molecular formula is C31H36N6O4. The van der Waals surface area contributed by atoms with E-state index in [2.05, 4.69) is 26.1 Å². The summed E-state index contributed by atoms with van der Waals surface area (Å²) < 4.78 is 0. The lowest BCUT2D eigenvalue weighted by Crippen LogP contribution is -2.63. The van der Waals surface area contributed by atoms with Crippen molar-refractivity contribution in [2.75, 3.05) is 55.6 Å². The fraction of sp³-hybridized carbons (Fsp3) is 0.484. The van der Waals surface area contributed by atoms with E-state index < -0.39 is 6.04 Å². The van der Waals surface area contributed by atoms with Crippen molar-refractivity contribution < 1.29 is 19.2 Å². The van der Waals surface area contributed by atoms with E-state index in [9.17, 15) is 19.2 Å². The molecule has 5 heterocycles. The predicted molar refractivity (Wildman–Crippen MR) is 153 cm³/mol. The molecule has 10 nitrogen and oxygen atoms in total. The van der Waals surface area contributed by atoms with Crippen LogP contribution in [0.15, 0.2) is 42.5 Å². The van der Waals surface area contributed by atoms with E-state index in [1.165, 1.54) is 0 Å². The quantitative estimate of drug-likeness (QED) is 0.519. The molecule has 2 aromatic rings. The van der Waals surface area contributed by atoms with Crippen molar-refractivity contribution in [3.8, 4) is 0 Å². The van der Waals surface area contributed by atoms with Crippen LogP contribution < -0.4 is 20.9 Å². The third kappa shape index (κ3) is 4.64. The summed E-state index contributed by atoms with van der Waals surface area (Å²) >= 11 is 0. The lowest BCUT2D eigenvalue weighted by molar-refractivity contribution is -0.136. The van der Waals surface area contributed by atoms with Crippen molar-refractivity contribution in [3.05, 3.63) is 59.2 Å². The summed E-state index contributed by atoms with van der Waals surface area (Å²) in [6, 6.07) is 13.1. The Labute approximate surface area is 239 Å². The molecule has 10 heteroatoms. The zero-order chi connectivity index (χ0) is 28.3. The molecule has 5 aliphatic heterocycles. The SMILES string of the molecule is NC(=O)c1ccccc1N1CC(CN2CC3(CCN(c4ccc5c(c4)CN(C4CCC(=O)NC4=O)C5=O)CC3)C2)C1. The fourth-order valence-electron chi connectivity index (χ4n) is 7.55.